The Labute approximate surface area is 347 Å². The second kappa shape index (κ2) is 13.7. The summed E-state index contributed by atoms with van der Waals surface area (Å²) < 4.78 is 0. The Hall–Kier alpha value is -7.22. The maximum atomic E-state index is 2.56. The Morgan fingerprint density at radius 1 is 0.305 bits per heavy atom. The summed E-state index contributed by atoms with van der Waals surface area (Å²) >= 11 is 0. The normalized spacial score (nSPS) is 13.9. The number of rotatable bonds is 6. The molecule has 0 unspecified atom stereocenters. The Morgan fingerprint density at radius 3 is 1.37 bits per heavy atom. The predicted octanol–water partition coefficient (Wildman–Crippen LogP) is 15.2. The fourth-order valence-electron chi connectivity index (χ4n) is 10.3. The van der Waals surface area contributed by atoms with E-state index < -0.39 is 5.41 Å². The third kappa shape index (κ3) is 5.31. The van der Waals surface area contributed by atoms with Gasteiger partial charge in [0, 0.05) is 16.7 Å². The van der Waals surface area contributed by atoms with Crippen molar-refractivity contribution in [3.8, 4) is 44.5 Å². The molecule has 59 heavy (non-hydrogen) atoms. The Kier molecular flexibility index (Phi) is 8.13. The molecule has 11 rings (SSSR count). The van der Waals surface area contributed by atoms with Crippen molar-refractivity contribution >= 4 is 17.1 Å². The molecule has 9 aromatic carbocycles. The molecule has 0 aromatic heterocycles. The van der Waals surface area contributed by atoms with E-state index in [9.17, 15) is 0 Å². The number of benzene rings is 9. The highest BCUT2D eigenvalue weighted by atomic mass is 15.1. The largest absolute Gasteiger partial charge is 0.310 e. The summed E-state index contributed by atoms with van der Waals surface area (Å²) in [5.74, 6) is 0. The molecular formula is C58H43N. The van der Waals surface area contributed by atoms with E-state index in [2.05, 4.69) is 243 Å². The number of nitrogens with zero attached hydrogens (tertiary/aromatic N) is 1. The summed E-state index contributed by atoms with van der Waals surface area (Å²) in [5, 5.41) is 0. The molecule has 0 atom stereocenters. The van der Waals surface area contributed by atoms with E-state index in [0.717, 1.165) is 11.4 Å². The minimum Gasteiger partial charge on any atom is -0.310 e. The van der Waals surface area contributed by atoms with Crippen LogP contribution in [0.2, 0.25) is 0 Å². The standard InChI is InChI=1S/C58H43N/c1-57(2)51-29-16-17-30-52(51)58(49-27-14-12-25-46(49)47-26-13-15-28-50(47)58)56-53(57)31-18-32-55(56)59(45-36-33-42(34-37-45)40-19-6-3-7-20-40)54-38-35-44(41-21-8-4-9-22-41)39-48(54)43-23-10-5-11-24-43/h3-39H,1-2H3. The maximum Gasteiger partial charge on any atom is 0.0740 e. The number of anilines is 3. The lowest BCUT2D eigenvalue weighted by molar-refractivity contribution is 0.564. The first-order chi connectivity index (χ1) is 29.0. The van der Waals surface area contributed by atoms with Crippen LogP contribution in [0.4, 0.5) is 17.1 Å². The van der Waals surface area contributed by atoms with Gasteiger partial charge in [0.15, 0.2) is 0 Å². The molecular weight excluding hydrogens is 711 g/mol. The van der Waals surface area contributed by atoms with Crippen molar-refractivity contribution in [3.63, 3.8) is 0 Å². The van der Waals surface area contributed by atoms with Crippen LogP contribution >= 0.6 is 0 Å². The zero-order valence-corrected chi connectivity index (χ0v) is 33.3. The van der Waals surface area contributed by atoms with E-state index in [1.807, 2.05) is 0 Å². The lowest BCUT2D eigenvalue weighted by Gasteiger charge is -2.48. The van der Waals surface area contributed by atoms with Crippen molar-refractivity contribution < 1.29 is 0 Å². The molecule has 1 nitrogen and oxygen atoms in total. The van der Waals surface area contributed by atoms with Crippen molar-refractivity contribution in [2.45, 2.75) is 24.7 Å². The van der Waals surface area contributed by atoms with Gasteiger partial charge in [-0.25, -0.2) is 0 Å². The highest BCUT2D eigenvalue weighted by Gasteiger charge is 2.54. The summed E-state index contributed by atoms with van der Waals surface area (Å²) in [4.78, 5) is 2.56. The zero-order chi connectivity index (χ0) is 39.6. The summed E-state index contributed by atoms with van der Waals surface area (Å²) in [5.41, 5.74) is 20.4. The van der Waals surface area contributed by atoms with Gasteiger partial charge in [0.2, 0.25) is 0 Å². The molecule has 0 saturated heterocycles. The molecule has 0 radical (unpaired) electrons. The van der Waals surface area contributed by atoms with Crippen LogP contribution in [0.5, 0.6) is 0 Å². The second-order valence-electron chi connectivity index (χ2n) is 16.4. The number of hydrogen-bond acceptors (Lipinski definition) is 1. The van der Waals surface area contributed by atoms with Crippen LogP contribution in [0.3, 0.4) is 0 Å². The Balaban J connectivity index is 1.26. The number of fused-ring (bicyclic) bond motifs is 9. The molecule has 0 bridgehead atoms. The van der Waals surface area contributed by atoms with Gasteiger partial charge in [-0.1, -0.05) is 208 Å². The summed E-state index contributed by atoms with van der Waals surface area (Å²) in [6.45, 7) is 4.83. The number of hydrogen-bond donors (Lipinski definition) is 0. The monoisotopic (exact) mass is 753 g/mol. The van der Waals surface area contributed by atoms with Gasteiger partial charge >= 0.3 is 0 Å². The van der Waals surface area contributed by atoms with Crippen molar-refractivity contribution in [3.05, 3.63) is 258 Å². The lowest BCUT2D eigenvalue weighted by Crippen LogP contribution is -2.41. The van der Waals surface area contributed by atoms with Crippen molar-refractivity contribution in [1.82, 2.24) is 0 Å². The van der Waals surface area contributed by atoms with Gasteiger partial charge in [-0.05, 0) is 103 Å². The van der Waals surface area contributed by atoms with Crippen molar-refractivity contribution in [2.75, 3.05) is 4.90 Å². The van der Waals surface area contributed by atoms with Gasteiger partial charge in [0.1, 0.15) is 0 Å². The van der Waals surface area contributed by atoms with E-state index in [1.165, 1.54) is 83.6 Å². The zero-order valence-electron chi connectivity index (χ0n) is 33.3. The minimum absolute atomic E-state index is 0.276. The first kappa shape index (κ1) is 35.0. The van der Waals surface area contributed by atoms with Crippen molar-refractivity contribution in [1.29, 1.82) is 0 Å². The molecule has 1 heteroatoms. The fourth-order valence-corrected chi connectivity index (χ4v) is 10.3. The first-order valence-electron chi connectivity index (χ1n) is 20.7. The van der Waals surface area contributed by atoms with Crippen LogP contribution in [0.15, 0.2) is 224 Å². The van der Waals surface area contributed by atoms with Gasteiger partial charge in [-0.3, -0.25) is 0 Å². The van der Waals surface area contributed by atoms with Gasteiger partial charge in [0.05, 0.1) is 16.8 Å². The van der Waals surface area contributed by atoms with Crippen molar-refractivity contribution in [2.24, 2.45) is 0 Å². The highest BCUT2D eigenvalue weighted by Crippen LogP contribution is 2.64. The van der Waals surface area contributed by atoms with Crippen LogP contribution in [0, 0.1) is 0 Å². The quantitative estimate of drug-likeness (QED) is 0.163. The van der Waals surface area contributed by atoms with E-state index in [0.29, 0.717) is 0 Å². The molecule has 9 aromatic rings. The van der Waals surface area contributed by atoms with E-state index in [-0.39, 0.29) is 5.41 Å². The smallest absolute Gasteiger partial charge is 0.0740 e. The van der Waals surface area contributed by atoms with E-state index in [1.54, 1.807) is 0 Å². The third-order valence-corrected chi connectivity index (χ3v) is 13.0. The maximum absolute atomic E-state index is 2.56. The second-order valence-corrected chi connectivity index (χ2v) is 16.4. The third-order valence-electron chi connectivity index (χ3n) is 13.0. The molecule has 2 aliphatic rings. The SMILES string of the molecule is CC1(C)c2ccccc2C2(c3ccccc3-c3ccccc32)c2c(N(c3ccc(-c4ccccc4)cc3)c3ccc(-c4ccccc4)cc3-c3ccccc3)cccc21. The topological polar surface area (TPSA) is 3.24 Å². The van der Waals surface area contributed by atoms with Gasteiger partial charge in [0.25, 0.3) is 0 Å². The van der Waals surface area contributed by atoms with Crippen LogP contribution in [-0.2, 0) is 10.8 Å². The molecule has 0 N–H and O–H groups in total. The molecule has 0 fully saturated rings. The van der Waals surface area contributed by atoms with Crippen LogP contribution in [0.25, 0.3) is 44.5 Å². The molecule has 0 aliphatic heterocycles. The average molecular weight is 754 g/mol. The summed E-state index contributed by atoms with van der Waals surface area (Å²) in [6.07, 6.45) is 0. The molecule has 1 spiro atoms. The predicted molar refractivity (Wildman–Crippen MR) is 247 cm³/mol. The van der Waals surface area contributed by atoms with Gasteiger partial charge in [-0.15, -0.1) is 0 Å². The van der Waals surface area contributed by atoms with Crippen LogP contribution < -0.4 is 4.90 Å². The highest BCUT2D eigenvalue weighted by molar-refractivity contribution is 5.96. The van der Waals surface area contributed by atoms with E-state index >= 15 is 0 Å². The molecule has 0 amide bonds. The molecule has 2 aliphatic carbocycles. The van der Waals surface area contributed by atoms with Gasteiger partial charge in [-0.2, -0.15) is 0 Å². The Bertz CT molecular complexity index is 2950. The summed E-state index contributed by atoms with van der Waals surface area (Å²) in [6, 6.07) is 83.1. The minimum atomic E-state index is -0.565. The Morgan fingerprint density at radius 2 is 0.763 bits per heavy atom. The van der Waals surface area contributed by atoms with Gasteiger partial charge < -0.3 is 4.90 Å². The summed E-state index contributed by atoms with van der Waals surface area (Å²) in [7, 11) is 0. The van der Waals surface area contributed by atoms with Crippen LogP contribution in [-0.4, -0.2) is 0 Å². The van der Waals surface area contributed by atoms with E-state index in [4.69, 9.17) is 0 Å². The fraction of sp³-hybridized carbons (Fsp3) is 0.0690. The molecule has 280 valence electrons. The lowest BCUT2D eigenvalue weighted by atomic mass is 9.55. The average Bonchev–Trinajstić information content (AvgIpc) is 3.60. The molecule has 0 saturated carbocycles. The molecule has 0 heterocycles. The first-order valence-corrected chi connectivity index (χ1v) is 20.7. The van der Waals surface area contributed by atoms with Crippen LogP contribution in [0.1, 0.15) is 47.2 Å².